The number of carbonyl (C=O) groups excluding carboxylic acids is 2. The van der Waals surface area contributed by atoms with Crippen LogP contribution < -0.4 is 11.1 Å². The molecule has 0 aliphatic carbocycles. The number of nitrogens with zero attached hydrogens (tertiary/aromatic N) is 2. The van der Waals surface area contributed by atoms with Crippen LogP contribution in [0.25, 0.3) is 10.9 Å². The van der Waals surface area contributed by atoms with Gasteiger partial charge in [0.15, 0.2) is 0 Å². The highest BCUT2D eigenvalue weighted by molar-refractivity contribution is 5.98. The van der Waals surface area contributed by atoms with Crippen LogP contribution in [0.5, 0.6) is 0 Å². The predicted octanol–water partition coefficient (Wildman–Crippen LogP) is 2.67. The number of anilines is 1. The minimum absolute atomic E-state index is 0.102. The number of nitrogens with two attached hydrogens (primary N) is 1. The Morgan fingerprint density at radius 1 is 1.30 bits per heavy atom. The van der Waals surface area contributed by atoms with Gasteiger partial charge >= 0.3 is 0 Å². The highest BCUT2D eigenvalue weighted by atomic mass is 19.1. The summed E-state index contributed by atoms with van der Waals surface area (Å²) in [5.41, 5.74) is 6.90. The van der Waals surface area contributed by atoms with Gasteiger partial charge in [-0.15, -0.1) is 0 Å². The van der Waals surface area contributed by atoms with E-state index in [4.69, 9.17) is 5.73 Å². The quantitative estimate of drug-likeness (QED) is 0.656. The van der Waals surface area contributed by atoms with E-state index in [1.54, 1.807) is 12.1 Å². The van der Waals surface area contributed by atoms with Crippen molar-refractivity contribution >= 4 is 28.4 Å². The Labute approximate surface area is 155 Å². The van der Waals surface area contributed by atoms with E-state index in [-0.39, 0.29) is 17.7 Å². The number of pyridine rings is 1. The summed E-state index contributed by atoms with van der Waals surface area (Å²) in [6.45, 7) is 5.66. The van der Waals surface area contributed by atoms with E-state index in [0.717, 1.165) is 0 Å². The zero-order valence-corrected chi connectivity index (χ0v) is 15.3. The van der Waals surface area contributed by atoms with Crippen molar-refractivity contribution in [3.05, 3.63) is 53.2 Å². The van der Waals surface area contributed by atoms with Gasteiger partial charge < -0.3 is 11.1 Å². The number of amides is 2. The molecule has 0 aliphatic heterocycles. The molecule has 8 heteroatoms. The molecule has 0 radical (unpaired) electrons. The number of H-pyrrole nitrogens is 1. The Kier molecular flexibility index (Phi) is 4.65. The molecule has 1 aromatic carbocycles. The zero-order valence-electron chi connectivity index (χ0n) is 15.3. The van der Waals surface area contributed by atoms with Gasteiger partial charge in [0.2, 0.25) is 5.91 Å². The number of primary amides is 1. The van der Waals surface area contributed by atoms with E-state index < -0.39 is 23.0 Å². The van der Waals surface area contributed by atoms with Crippen LogP contribution in [0.3, 0.4) is 0 Å². The van der Waals surface area contributed by atoms with E-state index in [2.05, 4.69) is 20.5 Å². The maximum atomic E-state index is 14.2. The monoisotopic (exact) mass is 369 g/mol. The lowest BCUT2D eigenvalue weighted by Crippen LogP contribution is -2.26. The second-order valence-corrected chi connectivity index (χ2v) is 7.32. The summed E-state index contributed by atoms with van der Waals surface area (Å²) in [5.74, 6) is -1.57. The number of rotatable bonds is 4. The summed E-state index contributed by atoms with van der Waals surface area (Å²) >= 11 is 0. The van der Waals surface area contributed by atoms with Gasteiger partial charge in [0, 0.05) is 22.8 Å². The molecular formula is C19H20FN5O2. The molecule has 0 spiro atoms. The van der Waals surface area contributed by atoms with Crippen molar-refractivity contribution in [2.45, 2.75) is 32.6 Å². The third-order valence-corrected chi connectivity index (χ3v) is 4.17. The van der Waals surface area contributed by atoms with E-state index >= 15 is 0 Å². The number of hydrogen-bond acceptors (Lipinski definition) is 4. The highest BCUT2D eigenvalue weighted by Gasteiger charge is 2.26. The molecule has 3 rings (SSSR count). The fourth-order valence-corrected chi connectivity index (χ4v) is 3.02. The zero-order chi connectivity index (χ0) is 19.8. The largest absolute Gasteiger partial charge is 0.364 e. The second kappa shape index (κ2) is 6.79. The molecule has 0 saturated heterocycles. The maximum Gasteiger partial charge on any atom is 0.267 e. The Morgan fingerprint density at radius 3 is 2.70 bits per heavy atom. The molecule has 140 valence electrons. The van der Waals surface area contributed by atoms with Crippen LogP contribution >= 0.6 is 0 Å². The van der Waals surface area contributed by atoms with Gasteiger partial charge in [0.25, 0.3) is 5.91 Å². The summed E-state index contributed by atoms with van der Waals surface area (Å²) in [5, 5.41) is 9.99. The first-order valence-corrected chi connectivity index (χ1v) is 8.37. The van der Waals surface area contributed by atoms with Crippen molar-refractivity contribution in [1.29, 1.82) is 0 Å². The number of halogens is 1. The second-order valence-electron chi connectivity index (χ2n) is 7.32. The molecule has 0 atom stereocenters. The van der Waals surface area contributed by atoms with Crippen LogP contribution in [0.15, 0.2) is 30.6 Å². The average molecular weight is 369 g/mol. The third kappa shape index (κ3) is 3.79. The van der Waals surface area contributed by atoms with E-state index in [9.17, 15) is 14.0 Å². The van der Waals surface area contributed by atoms with Crippen LogP contribution in [0, 0.1) is 5.82 Å². The lowest BCUT2D eigenvalue weighted by Gasteiger charge is -2.24. The lowest BCUT2D eigenvalue weighted by atomic mass is 9.84. The first-order chi connectivity index (χ1) is 12.7. The van der Waals surface area contributed by atoms with Gasteiger partial charge in [-0.2, -0.15) is 5.10 Å². The molecule has 2 amide bonds. The average Bonchev–Trinajstić information content (AvgIpc) is 3.00. The smallest absolute Gasteiger partial charge is 0.267 e. The summed E-state index contributed by atoms with van der Waals surface area (Å²) in [4.78, 5) is 28.3. The minimum Gasteiger partial charge on any atom is -0.364 e. The summed E-state index contributed by atoms with van der Waals surface area (Å²) in [6, 6.07) is 4.49. The molecule has 0 bridgehead atoms. The molecule has 0 aliphatic rings. The van der Waals surface area contributed by atoms with E-state index in [1.807, 2.05) is 20.8 Å². The van der Waals surface area contributed by atoms with Gasteiger partial charge in [-0.1, -0.05) is 20.8 Å². The number of benzene rings is 1. The van der Waals surface area contributed by atoms with Crippen LogP contribution in [0.1, 0.15) is 42.4 Å². The SMILES string of the molecule is CC(C)(C)c1c(NC(=O)Cc2cc3[nH]ncc3cc2F)ccnc1C(N)=O. The normalized spacial score (nSPS) is 11.6. The summed E-state index contributed by atoms with van der Waals surface area (Å²) in [7, 11) is 0. The van der Waals surface area contributed by atoms with Gasteiger partial charge in [0.05, 0.1) is 18.1 Å². The van der Waals surface area contributed by atoms with Crippen LogP contribution in [-0.2, 0) is 16.6 Å². The molecule has 0 saturated carbocycles. The standard InChI is InChI=1S/C19H20FN5O2/c1-19(2,3)16-13(4-5-22-17(16)18(21)27)24-15(26)8-10-7-14-11(6-12(10)20)9-23-25-14/h4-7,9H,8H2,1-3H3,(H2,21,27)(H,23,25)(H,22,24,26). The molecule has 2 aromatic heterocycles. The molecule has 7 nitrogen and oxygen atoms in total. The van der Waals surface area contributed by atoms with E-state index in [1.165, 1.54) is 18.5 Å². The maximum absolute atomic E-state index is 14.2. The Morgan fingerprint density at radius 2 is 2.04 bits per heavy atom. The highest BCUT2D eigenvalue weighted by Crippen LogP contribution is 2.32. The Balaban J connectivity index is 1.90. The minimum atomic E-state index is -0.674. The molecule has 4 N–H and O–H groups in total. The fraction of sp³-hybridized carbons (Fsp3) is 0.263. The van der Waals surface area contributed by atoms with E-state index in [0.29, 0.717) is 22.2 Å². The fourth-order valence-electron chi connectivity index (χ4n) is 3.02. The van der Waals surface area contributed by atoms with Crippen molar-refractivity contribution in [2.24, 2.45) is 5.73 Å². The van der Waals surface area contributed by atoms with Crippen molar-refractivity contribution in [3.63, 3.8) is 0 Å². The first-order valence-electron chi connectivity index (χ1n) is 8.37. The van der Waals surface area contributed by atoms with Crippen LogP contribution in [0.2, 0.25) is 0 Å². The van der Waals surface area contributed by atoms with Gasteiger partial charge in [0.1, 0.15) is 11.5 Å². The molecule has 0 fully saturated rings. The molecule has 0 unspecified atom stereocenters. The number of fused-ring (bicyclic) bond motifs is 1. The lowest BCUT2D eigenvalue weighted by molar-refractivity contribution is -0.115. The molecule has 27 heavy (non-hydrogen) atoms. The number of nitrogens with one attached hydrogen (secondary N) is 2. The number of aromatic nitrogens is 3. The van der Waals surface area contributed by atoms with Crippen LogP contribution in [0.4, 0.5) is 10.1 Å². The molecule has 3 aromatic rings. The third-order valence-electron chi connectivity index (χ3n) is 4.17. The van der Waals surface area contributed by atoms with Crippen molar-refractivity contribution in [1.82, 2.24) is 15.2 Å². The Bertz CT molecular complexity index is 1040. The first kappa shape index (κ1) is 18.5. The number of carbonyl (C=O) groups is 2. The van der Waals surface area contributed by atoms with Crippen LogP contribution in [-0.4, -0.2) is 27.0 Å². The van der Waals surface area contributed by atoms with Crippen molar-refractivity contribution < 1.29 is 14.0 Å². The topological polar surface area (TPSA) is 114 Å². The number of hydrogen-bond donors (Lipinski definition) is 3. The van der Waals surface area contributed by atoms with Gasteiger partial charge in [-0.05, 0) is 29.2 Å². The number of aromatic amines is 1. The van der Waals surface area contributed by atoms with Gasteiger partial charge in [-0.3, -0.25) is 19.7 Å². The molecular weight excluding hydrogens is 349 g/mol. The summed E-state index contributed by atoms with van der Waals surface area (Å²) < 4.78 is 14.2. The predicted molar refractivity (Wildman–Crippen MR) is 99.8 cm³/mol. The van der Waals surface area contributed by atoms with Crippen molar-refractivity contribution in [3.8, 4) is 0 Å². The molecule has 2 heterocycles. The summed E-state index contributed by atoms with van der Waals surface area (Å²) in [6.07, 6.45) is 2.75. The van der Waals surface area contributed by atoms with Crippen molar-refractivity contribution in [2.75, 3.05) is 5.32 Å². The van der Waals surface area contributed by atoms with Gasteiger partial charge in [-0.25, -0.2) is 4.39 Å². The Hall–Kier alpha value is -3.29.